The summed E-state index contributed by atoms with van der Waals surface area (Å²) in [4.78, 5) is 14.8. The van der Waals surface area contributed by atoms with Gasteiger partial charge in [-0.1, -0.05) is 48.0 Å². The number of rotatable bonds is 5. The van der Waals surface area contributed by atoms with Crippen molar-refractivity contribution >= 4 is 11.5 Å². The lowest BCUT2D eigenvalue weighted by atomic mass is 9.92. The number of nitrogens with zero attached hydrogens (tertiary/aromatic N) is 1. The van der Waals surface area contributed by atoms with Gasteiger partial charge in [0.1, 0.15) is 5.60 Å². The van der Waals surface area contributed by atoms with Gasteiger partial charge in [-0.25, -0.2) is 0 Å². The Balaban J connectivity index is 1.71. The highest BCUT2D eigenvalue weighted by Crippen LogP contribution is 2.28. The van der Waals surface area contributed by atoms with Crippen LogP contribution in [0.2, 0.25) is 0 Å². The molecule has 2 aromatic carbocycles. The number of benzene rings is 2. The first-order valence-electron chi connectivity index (χ1n) is 8.60. The number of para-hydroxylation sites is 1. The highest BCUT2D eigenvalue weighted by atomic mass is 16.3. The van der Waals surface area contributed by atoms with E-state index >= 15 is 0 Å². The molecule has 0 aromatic heterocycles. The molecule has 0 bridgehead atoms. The Hall–Kier alpha value is -2.13. The van der Waals surface area contributed by atoms with Crippen LogP contribution < -0.4 is 4.90 Å². The van der Waals surface area contributed by atoms with E-state index in [0.717, 1.165) is 30.6 Å². The fraction of sp³-hybridized carbons (Fsp3) is 0.381. The summed E-state index contributed by atoms with van der Waals surface area (Å²) in [6, 6.07) is 16.2. The largest absolute Gasteiger partial charge is 0.380 e. The number of fused-ring (bicyclic) bond motifs is 1. The van der Waals surface area contributed by atoms with Crippen molar-refractivity contribution in [1.82, 2.24) is 0 Å². The number of ketones is 1. The predicted octanol–water partition coefficient (Wildman–Crippen LogP) is 3.31. The number of anilines is 1. The van der Waals surface area contributed by atoms with Gasteiger partial charge in [0.15, 0.2) is 5.78 Å². The van der Waals surface area contributed by atoms with E-state index in [0.29, 0.717) is 6.54 Å². The number of Topliss-reactive ketones (excluding diaryl/α,β-unsaturated/α-hetero) is 1. The summed E-state index contributed by atoms with van der Waals surface area (Å²) in [5.74, 6) is -0.130. The minimum Gasteiger partial charge on any atom is -0.380 e. The van der Waals surface area contributed by atoms with E-state index in [4.69, 9.17) is 0 Å². The molecule has 0 radical (unpaired) electrons. The standard InChI is InChI=1S/C21H25NO2/c1-16-9-11-17(12-10-16)14-20(23)21(2,24)15-22-13-5-7-18-6-3-4-8-19(18)22/h3-4,6,8-12,24H,5,7,13-15H2,1-2H3/t21-/m0/s1. The van der Waals surface area contributed by atoms with Gasteiger partial charge in [0.05, 0.1) is 6.54 Å². The van der Waals surface area contributed by atoms with Gasteiger partial charge in [-0.05, 0) is 43.9 Å². The van der Waals surface area contributed by atoms with Crippen molar-refractivity contribution in [3.05, 3.63) is 65.2 Å². The third-order valence-corrected chi connectivity index (χ3v) is 4.79. The van der Waals surface area contributed by atoms with Crippen LogP contribution in [0.5, 0.6) is 0 Å². The topological polar surface area (TPSA) is 40.5 Å². The lowest BCUT2D eigenvalue weighted by Gasteiger charge is -2.36. The molecule has 0 saturated heterocycles. The summed E-state index contributed by atoms with van der Waals surface area (Å²) in [5, 5.41) is 10.8. The molecule has 0 aliphatic carbocycles. The third-order valence-electron chi connectivity index (χ3n) is 4.79. The van der Waals surface area contributed by atoms with E-state index < -0.39 is 5.60 Å². The number of β-amino-alcohol motifs (C(OH)–C–C–N with tert-alkyl or cyclic N) is 1. The zero-order chi connectivity index (χ0) is 17.2. The van der Waals surface area contributed by atoms with Crippen LogP contribution in [0.3, 0.4) is 0 Å². The molecule has 1 N–H and O–H groups in total. The molecule has 126 valence electrons. The second kappa shape index (κ2) is 6.78. The van der Waals surface area contributed by atoms with Crippen molar-refractivity contribution in [2.45, 2.75) is 38.7 Å². The van der Waals surface area contributed by atoms with Crippen LogP contribution in [0.15, 0.2) is 48.5 Å². The third kappa shape index (κ3) is 3.68. The summed E-state index contributed by atoms with van der Waals surface area (Å²) in [5.41, 5.74) is 3.21. The van der Waals surface area contributed by atoms with Gasteiger partial charge in [0.2, 0.25) is 0 Å². The molecular weight excluding hydrogens is 298 g/mol. The van der Waals surface area contributed by atoms with Crippen LogP contribution in [0.1, 0.15) is 30.0 Å². The summed E-state index contributed by atoms with van der Waals surface area (Å²) >= 11 is 0. The van der Waals surface area contributed by atoms with E-state index in [1.165, 1.54) is 11.1 Å². The molecule has 0 amide bonds. The Morgan fingerprint density at radius 3 is 2.62 bits per heavy atom. The summed E-state index contributed by atoms with van der Waals surface area (Å²) in [6.45, 7) is 4.88. The van der Waals surface area contributed by atoms with E-state index in [9.17, 15) is 9.90 Å². The quantitative estimate of drug-likeness (QED) is 0.918. The molecule has 0 spiro atoms. The van der Waals surface area contributed by atoms with Crippen LogP contribution in [-0.4, -0.2) is 29.6 Å². The van der Waals surface area contributed by atoms with Crippen molar-refractivity contribution in [1.29, 1.82) is 0 Å². The summed E-state index contributed by atoms with van der Waals surface area (Å²) in [6.07, 6.45) is 2.38. The Morgan fingerprint density at radius 1 is 1.17 bits per heavy atom. The number of carbonyl (C=O) groups excluding carboxylic acids is 1. The Kier molecular flexibility index (Phi) is 4.72. The lowest BCUT2D eigenvalue weighted by molar-refractivity contribution is -0.134. The smallest absolute Gasteiger partial charge is 0.170 e. The molecule has 3 heteroatoms. The zero-order valence-corrected chi connectivity index (χ0v) is 14.5. The van der Waals surface area contributed by atoms with Crippen LogP contribution in [-0.2, 0) is 17.6 Å². The first kappa shape index (κ1) is 16.7. The zero-order valence-electron chi connectivity index (χ0n) is 14.5. The minimum atomic E-state index is -1.35. The van der Waals surface area contributed by atoms with Crippen molar-refractivity contribution in [2.75, 3.05) is 18.0 Å². The molecule has 1 heterocycles. The summed E-state index contributed by atoms with van der Waals surface area (Å²) in [7, 11) is 0. The van der Waals surface area contributed by atoms with Crippen LogP contribution in [0.4, 0.5) is 5.69 Å². The fourth-order valence-electron chi connectivity index (χ4n) is 3.32. The van der Waals surface area contributed by atoms with Crippen molar-refractivity contribution < 1.29 is 9.90 Å². The summed E-state index contributed by atoms with van der Waals surface area (Å²) < 4.78 is 0. The Morgan fingerprint density at radius 2 is 1.88 bits per heavy atom. The van der Waals surface area contributed by atoms with Gasteiger partial charge in [-0.2, -0.15) is 0 Å². The van der Waals surface area contributed by atoms with Crippen molar-refractivity contribution in [3.8, 4) is 0 Å². The van der Waals surface area contributed by atoms with Crippen LogP contribution in [0, 0.1) is 6.92 Å². The number of hydrogen-bond acceptors (Lipinski definition) is 3. The van der Waals surface area contributed by atoms with Gasteiger partial charge in [0, 0.05) is 18.7 Å². The first-order chi connectivity index (χ1) is 11.5. The molecule has 0 saturated carbocycles. The van der Waals surface area contributed by atoms with E-state index in [1.54, 1.807) is 6.92 Å². The highest BCUT2D eigenvalue weighted by molar-refractivity contribution is 5.89. The van der Waals surface area contributed by atoms with Crippen LogP contribution >= 0.6 is 0 Å². The monoisotopic (exact) mass is 323 g/mol. The molecule has 1 aliphatic rings. The minimum absolute atomic E-state index is 0.130. The maximum atomic E-state index is 12.6. The molecular formula is C21H25NO2. The molecule has 0 fully saturated rings. The second-order valence-electron chi connectivity index (χ2n) is 7.01. The molecule has 0 unspecified atom stereocenters. The van der Waals surface area contributed by atoms with Gasteiger partial charge < -0.3 is 10.0 Å². The van der Waals surface area contributed by atoms with Crippen molar-refractivity contribution in [2.24, 2.45) is 0 Å². The molecule has 1 atom stereocenters. The van der Waals surface area contributed by atoms with Gasteiger partial charge in [-0.15, -0.1) is 0 Å². The molecule has 2 aromatic rings. The maximum absolute atomic E-state index is 12.6. The van der Waals surface area contributed by atoms with Crippen LogP contribution in [0.25, 0.3) is 0 Å². The predicted molar refractivity (Wildman–Crippen MR) is 97.5 cm³/mol. The second-order valence-corrected chi connectivity index (χ2v) is 7.01. The molecule has 24 heavy (non-hydrogen) atoms. The first-order valence-corrected chi connectivity index (χ1v) is 8.60. The average Bonchev–Trinajstić information content (AvgIpc) is 2.57. The fourth-order valence-corrected chi connectivity index (χ4v) is 3.32. The molecule has 1 aliphatic heterocycles. The molecule has 3 rings (SSSR count). The van der Waals surface area contributed by atoms with E-state index in [2.05, 4.69) is 17.0 Å². The Bertz CT molecular complexity index is 719. The lowest BCUT2D eigenvalue weighted by Crippen LogP contribution is -2.49. The van der Waals surface area contributed by atoms with Crippen molar-refractivity contribution in [3.63, 3.8) is 0 Å². The highest BCUT2D eigenvalue weighted by Gasteiger charge is 2.33. The van der Waals surface area contributed by atoms with Gasteiger partial charge in [0.25, 0.3) is 0 Å². The number of aliphatic hydroxyl groups is 1. The maximum Gasteiger partial charge on any atom is 0.170 e. The normalized spacial score (nSPS) is 16.4. The number of aryl methyl sites for hydroxylation is 2. The SMILES string of the molecule is Cc1ccc(CC(=O)[C@@](C)(O)CN2CCCc3ccccc32)cc1. The van der Waals surface area contributed by atoms with E-state index in [1.807, 2.05) is 43.3 Å². The number of hydrogen-bond donors (Lipinski definition) is 1. The average molecular weight is 323 g/mol. The number of carbonyl (C=O) groups is 1. The van der Waals surface area contributed by atoms with E-state index in [-0.39, 0.29) is 12.2 Å². The Labute approximate surface area is 143 Å². The van der Waals surface area contributed by atoms with Gasteiger partial charge in [-0.3, -0.25) is 4.79 Å². The molecule has 3 nitrogen and oxygen atoms in total. The van der Waals surface area contributed by atoms with Gasteiger partial charge >= 0.3 is 0 Å².